The van der Waals surface area contributed by atoms with Crippen molar-refractivity contribution < 1.29 is 19.3 Å². The van der Waals surface area contributed by atoms with Crippen LogP contribution >= 0.6 is 0 Å². The summed E-state index contributed by atoms with van der Waals surface area (Å²) in [5, 5.41) is 15.9. The van der Waals surface area contributed by atoms with Crippen LogP contribution in [-0.4, -0.2) is 39.8 Å². The first-order chi connectivity index (χ1) is 11.4. The van der Waals surface area contributed by atoms with Crippen LogP contribution in [0.2, 0.25) is 0 Å². The Bertz CT molecular complexity index is 726. The minimum Gasteiger partial charge on any atom is -0.324 e. The molecule has 1 saturated heterocycles. The van der Waals surface area contributed by atoms with Crippen molar-refractivity contribution in [2.24, 2.45) is 0 Å². The van der Waals surface area contributed by atoms with Gasteiger partial charge in [0.1, 0.15) is 12.1 Å². The van der Waals surface area contributed by atoms with E-state index in [-0.39, 0.29) is 17.3 Å². The molecule has 1 aromatic carbocycles. The van der Waals surface area contributed by atoms with Gasteiger partial charge in [0.2, 0.25) is 5.91 Å². The van der Waals surface area contributed by atoms with Crippen LogP contribution in [0.1, 0.15) is 25.7 Å². The molecular weight excluding hydrogens is 316 g/mol. The van der Waals surface area contributed by atoms with Crippen LogP contribution in [0.25, 0.3) is 0 Å². The molecule has 4 amide bonds. The van der Waals surface area contributed by atoms with Crippen molar-refractivity contribution in [1.29, 1.82) is 0 Å². The topological polar surface area (TPSA) is 122 Å². The Kier molecular flexibility index (Phi) is 3.92. The van der Waals surface area contributed by atoms with Crippen molar-refractivity contribution in [3.63, 3.8) is 0 Å². The second-order valence-corrected chi connectivity index (χ2v) is 5.97. The number of imide groups is 1. The van der Waals surface area contributed by atoms with E-state index in [4.69, 9.17) is 0 Å². The molecule has 1 aromatic rings. The standard InChI is InChI=1S/C15H16N4O5/c20-12(16-10-4-3-5-11(8-10)19(23)24)9-18-13(21)15(17-14(18)22)6-1-2-7-15/h3-5,8H,1-2,6-7,9H2,(H,16,20)(H,17,22). The van der Waals surface area contributed by atoms with Crippen molar-refractivity contribution >= 4 is 29.2 Å². The summed E-state index contributed by atoms with van der Waals surface area (Å²) in [4.78, 5) is 47.6. The molecule has 0 radical (unpaired) electrons. The van der Waals surface area contributed by atoms with Gasteiger partial charge in [-0.1, -0.05) is 18.9 Å². The highest BCUT2D eigenvalue weighted by molar-refractivity contribution is 6.10. The van der Waals surface area contributed by atoms with Gasteiger partial charge in [-0.2, -0.15) is 0 Å². The third-order valence-electron chi connectivity index (χ3n) is 4.35. The van der Waals surface area contributed by atoms with E-state index in [1.54, 1.807) is 0 Å². The Morgan fingerprint density at radius 3 is 2.71 bits per heavy atom. The van der Waals surface area contributed by atoms with E-state index in [9.17, 15) is 24.5 Å². The summed E-state index contributed by atoms with van der Waals surface area (Å²) in [7, 11) is 0. The predicted molar refractivity (Wildman–Crippen MR) is 83.2 cm³/mol. The average molecular weight is 332 g/mol. The van der Waals surface area contributed by atoms with Gasteiger partial charge in [-0.3, -0.25) is 24.6 Å². The number of amides is 4. The Labute approximate surface area is 137 Å². The molecule has 0 bridgehead atoms. The predicted octanol–water partition coefficient (Wildman–Crippen LogP) is 1.40. The van der Waals surface area contributed by atoms with Crippen LogP contribution in [0.5, 0.6) is 0 Å². The number of non-ortho nitro benzene ring substituents is 1. The SMILES string of the molecule is O=C(CN1C(=O)NC2(CCCC2)C1=O)Nc1cccc([N+](=O)[O-])c1. The molecule has 0 unspecified atom stereocenters. The number of nitrogens with one attached hydrogen (secondary N) is 2. The summed E-state index contributed by atoms with van der Waals surface area (Å²) in [6, 6.07) is 4.87. The Balaban J connectivity index is 1.67. The van der Waals surface area contributed by atoms with Crippen molar-refractivity contribution in [2.45, 2.75) is 31.2 Å². The summed E-state index contributed by atoms with van der Waals surface area (Å²) in [5.41, 5.74) is -0.785. The van der Waals surface area contributed by atoms with Crippen LogP contribution in [0.4, 0.5) is 16.2 Å². The summed E-state index contributed by atoms with van der Waals surface area (Å²) in [6.07, 6.45) is 2.89. The van der Waals surface area contributed by atoms with Crippen LogP contribution < -0.4 is 10.6 Å². The Hall–Kier alpha value is -2.97. The number of rotatable bonds is 4. The molecule has 1 heterocycles. The number of benzene rings is 1. The number of hydrogen-bond donors (Lipinski definition) is 2. The molecule has 2 N–H and O–H groups in total. The lowest BCUT2D eigenvalue weighted by atomic mass is 9.98. The van der Waals surface area contributed by atoms with E-state index in [0.29, 0.717) is 12.8 Å². The van der Waals surface area contributed by atoms with Crippen molar-refractivity contribution in [3.05, 3.63) is 34.4 Å². The Morgan fingerprint density at radius 2 is 2.04 bits per heavy atom. The first kappa shape index (κ1) is 15.9. The highest BCUT2D eigenvalue weighted by Crippen LogP contribution is 2.34. The third kappa shape index (κ3) is 2.80. The quantitative estimate of drug-likeness (QED) is 0.490. The van der Waals surface area contributed by atoms with Crippen molar-refractivity contribution in [3.8, 4) is 0 Å². The average Bonchev–Trinajstić information content (AvgIpc) is 3.09. The molecule has 2 fully saturated rings. The number of nitro groups is 1. The van der Waals surface area contributed by atoms with Gasteiger partial charge in [-0.05, 0) is 18.9 Å². The van der Waals surface area contributed by atoms with Gasteiger partial charge in [0.25, 0.3) is 11.6 Å². The number of carbonyl (C=O) groups excluding carboxylic acids is 3. The fourth-order valence-corrected chi connectivity index (χ4v) is 3.18. The molecule has 24 heavy (non-hydrogen) atoms. The Morgan fingerprint density at radius 1 is 1.33 bits per heavy atom. The zero-order valence-corrected chi connectivity index (χ0v) is 12.8. The number of carbonyl (C=O) groups is 3. The maximum atomic E-state index is 12.4. The van der Waals surface area contributed by atoms with E-state index >= 15 is 0 Å². The molecular formula is C15H16N4O5. The highest BCUT2D eigenvalue weighted by atomic mass is 16.6. The van der Waals surface area contributed by atoms with Crippen LogP contribution in [0.15, 0.2) is 24.3 Å². The van der Waals surface area contributed by atoms with Gasteiger partial charge in [0.15, 0.2) is 0 Å². The number of hydrogen-bond acceptors (Lipinski definition) is 5. The summed E-state index contributed by atoms with van der Waals surface area (Å²) in [5.74, 6) is -0.965. The first-order valence-corrected chi connectivity index (χ1v) is 7.60. The molecule has 9 nitrogen and oxygen atoms in total. The fourth-order valence-electron chi connectivity index (χ4n) is 3.18. The minimum atomic E-state index is -0.858. The summed E-state index contributed by atoms with van der Waals surface area (Å²) in [6.45, 7) is -0.422. The number of nitro benzene ring substituents is 1. The number of nitrogens with zero attached hydrogens (tertiary/aromatic N) is 2. The zero-order valence-electron chi connectivity index (χ0n) is 12.8. The molecule has 126 valence electrons. The lowest BCUT2D eigenvalue weighted by Crippen LogP contribution is -2.44. The zero-order chi connectivity index (χ0) is 17.3. The largest absolute Gasteiger partial charge is 0.325 e. The molecule has 1 spiro atoms. The van der Waals surface area contributed by atoms with Gasteiger partial charge in [0, 0.05) is 17.8 Å². The summed E-state index contributed by atoms with van der Waals surface area (Å²) < 4.78 is 0. The third-order valence-corrected chi connectivity index (χ3v) is 4.35. The lowest BCUT2D eigenvalue weighted by molar-refractivity contribution is -0.384. The molecule has 1 aliphatic carbocycles. The lowest BCUT2D eigenvalue weighted by Gasteiger charge is -2.19. The molecule has 0 atom stereocenters. The van der Waals surface area contributed by atoms with Gasteiger partial charge in [-0.25, -0.2) is 4.79 Å². The van der Waals surface area contributed by atoms with Crippen molar-refractivity contribution in [1.82, 2.24) is 10.2 Å². The van der Waals surface area contributed by atoms with E-state index in [1.807, 2.05) is 0 Å². The number of urea groups is 1. The van der Waals surface area contributed by atoms with Crippen LogP contribution in [0, 0.1) is 10.1 Å². The monoisotopic (exact) mass is 332 g/mol. The second-order valence-electron chi connectivity index (χ2n) is 5.97. The molecule has 1 aliphatic heterocycles. The molecule has 2 aliphatic rings. The van der Waals surface area contributed by atoms with Crippen LogP contribution in [0.3, 0.4) is 0 Å². The second kappa shape index (κ2) is 5.91. The van der Waals surface area contributed by atoms with Gasteiger partial charge in [-0.15, -0.1) is 0 Å². The maximum absolute atomic E-state index is 12.4. The first-order valence-electron chi connectivity index (χ1n) is 7.60. The van der Waals surface area contributed by atoms with E-state index in [0.717, 1.165) is 17.7 Å². The fraction of sp³-hybridized carbons (Fsp3) is 0.400. The molecule has 3 rings (SSSR count). The van der Waals surface area contributed by atoms with Gasteiger partial charge < -0.3 is 10.6 Å². The van der Waals surface area contributed by atoms with Gasteiger partial charge in [0.05, 0.1) is 4.92 Å². The highest BCUT2D eigenvalue weighted by Gasteiger charge is 2.52. The molecule has 9 heteroatoms. The van der Waals surface area contributed by atoms with E-state index in [1.165, 1.54) is 24.3 Å². The number of anilines is 1. The smallest absolute Gasteiger partial charge is 0.324 e. The van der Waals surface area contributed by atoms with E-state index in [2.05, 4.69) is 10.6 Å². The molecule has 0 aromatic heterocycles. The van der Waals surface area contributed by atoms with Crippen molar-refractivity contribution in [2.75, 3.05) is 11.9 Å². The minimum absolute atomic E-state index is 0.160. The summed E-state index contributed by atoms with van der Waals surface area (Å²) >= 11 is 0. The normalized spacial score (nSPS) is 18.8. The maximum Gasteiger partial charge on any atom is 0.325 e. The van der Waals surface area contributed by atoms with Crippen LogP contribution in [-0.2, 0) is 9.59 Å². The molecule has 1 saturated carbocycles. The van der Waals surface area contributed by atoms with E-state index < -0.39 is 28.9 Å². The van der Waals surface area contributed by atoms with Gasteiger partial charge >= 0.3 is 6.03 Å².